The minimum Gasteiger partial charge on any atom is -0.324 e. The first-order valence-electron chi connectivity index (χ1n) is 9.76. The van der Waals surface area contributed by atoms with Crippen molar-refractivity contribution in [3.63, 3.8) is 0 Å². The van der Waals surface area contributed by atoms with E-state index in [1.807, 2.05) is 73.7 Å². The molecule has 5 aromatic rings. The third-order valence-corrected chi connectivity index (χ3v) is 5.05. The Labute approximate surface area is 176 Å². The van der Waals surface area contributed by atoms with Gasteiger partial charge in [0, 0.05) is 11.1 Å². The van der Waals surface area contributed by atoms with Gasteiger partial charge in [-0.1, -0.05) is 53.7 Å². The van der Waals surface area contributed by atoms with E-state index in [1.165, 1.54) is 15.6 Å². The van der Waals surface area contributed by atoms with Crippen molar-refractivity contribution in [2.45, 2.75) is 13.5 Å². The van der Waals surface area contributed by atoms with Crippen LogP contribution in [-0.2, 0) is 11.3 Å². The zero-order valence-electron chi connectivity index (χ0n) is 16.7. The highest BCUT2D eigenvalue weighted by molar-refractivity contribution is 6.02. The number of benzene rings is 3. The molecule has 8 heteroatoms. The lowest BCUT2D eigenvalue weighted by Gasteiger charge is -2.10. The van der Waals surface area contributed by atoms with Crippen LogP contribution in [0.2, 0.25) is 0 Å². The van der Waals surface area contributed by atoms with E-state index in [0.29, 0.717) is 11.3 Å². The minimum absolute atomic E-state index is 0.113. The van der Waals surface area contributed by atoms with E-state index < -0.39 is 5.56 Å². The number of hydrogen-bond acceptors (Lipinski definition) is 5. The van der Waals surface area contributed by atoms with Crippen LogP contribution < -0.4 is 10.9 Å². The molecular formula is C23H18N6O2. The van der Waals surface area contributed by atoms with Gasteiger partial charge in [0.2, 0.25) is 5.91 Å². The molecule has 1 amide bonds. The number of amides is 1. The zero-order valence-corrected chi connectivity index (χ0v) is 16.7. The Balaban J connectivity index is 1.44. The van der Waals surface area contributed by atoms with Crippen LogP contribution in [-0.4, -0.2) is 30.5 Å². The molecule has 0 aliphatic rings. The van der Waals surface area contributed by atoms with Gasteiger partial charge >= 0.3 is 0 Å². The molecule has 0 spiro atoms. The summed E-state index contributed by atoms with van der Waals surface area (Å²) in [6.45, 7) is 1.79. The van der Waals surface area contributed by atoms with Gasteiger partial charge in [-0.05, 0) is 36.1 Å². The van der Waals surface area contributed by atoms with Gasteiger partial charge in [-0.15, -0.1) is 5.10 Å². The first-order chi connectivity index (χ1) is 15.1. The van der Waals surface area contributed by atoms with Crippen molar-refractivity contribution in [3.05, 3.63) is 89.0 Å². The molecule has 0 saturated heterocycles. The van der Waals surface area contributed by atoms with Crippen LogP contribution >= 0.6 is 0 Å². The Kier molecular flexibility index (Phi) is 4.51. The second-order valence-corrected chi connectivity index (χ2v) is 7.26. The number of fused-ring (bicyclic) bond motifs is 2. The molecule has 0 bridgehead atoms. The van der Waals surface area contributed by atoms with Crippen molar-refractivity contribution < 1.29 is 4.79 Å². The lowest BCUT2D eigenvalue weighted by atomic mass is 10.1. The summed E-state index contributed by atoms with van der Waals surface area (Å²) in [6, 6.07) is 21.1. The highest BCUT2D eigenvalue weighted by Gasteiger charge is 2.15. The van der Waals surface area contributed by atoms with Crippen molar-refractivity contribution in [2.75, 3.05) is 5.32 Å². The van der Waals surface area contributed by atoms with Crippen molar-refractivity contribution in [1.82, 2.24) is 24.5 Å². The summed E-state index contributed by atoms with van der Waals surface area (Å²) >= 11 is 0. The van der Waals surface area contributed by atoms with E-state index in [2.05, 4.69) is 20.6 Å². The molecule has 0 aliphatic carbocycles. The molecule has 2 heterocycles. The standard InChI is InChI=1S/C23H18N6O2/c1-15-6-4-9-17(12-15)29-22-21(26-27-29)23(31)28(14-24-22)13-20(30)25-19-11-5-8-16-7-2-3-10-18(16)19/h2-12,14H,13H2,1H3,(H,25,30). The quantitative estimate of drug-likeness (QED) is 0.491. The second-order valence-electron chi connectivity index (χ2n) is 7.26. The Hall–Kier alpha value is -4.33. The van der Waals surface area contributed by atoms with Gasteiger partial charge in [0.05, 0.1) is 5.69 Å². The first kappa shape index (κ1) is 18.7. The number of carbonyl (C=O) groups is 1. The summed E-state index contributed by atoms with van der Waals surface area (Å²) < 4.78 is 2.75. The van der Waals surface area contributed by atoms with Gasteiger partial charge in [0.1, 0.15) is 12.9 Å². The van der Waals surface area contributed by atoms with Gasteiger partial charge in [-0.2, -0.15) is 4.68 Å². The smallest absolute Gasteiger partial charge is 0.284 e. The third-order valence-electron chi connectivity index (χ3n) is 5.05. The van der Waals surface area contributed by atoms with Crippen molar-refractivity contribution in [3.8, 4) is 5.69 Å². The SMILES string of the molecule is Cc1cccc(-n2nnc3c(=O)n(CC(=O)Nc4cccc5ccccc45)cnc32)c1. The molecule has 8 nitrogen and oxygen atoms in total. The number of hydrogen-bond donors (Lipinski definition) is 1. The van der Waals surface area contributed by atoms with Crippen LogP contribution in [0.1, 0.15) is 5.56 Å². The van der Waals surface area contributed by atoms with Crippen LogP contribution in [0.3, 0.4) is 0 Å². The molecule has 31 heavy (non-hydrogen) atoms. The molecule has 2 aromatic heterocycles. The summed E-state index contributed by atoms with van der Waals surface area (Å²) in [6.07, 6.45) is 1.35. The maximum absolute atomic E-state index is 12.9. The van der Waals surface area contributed by atoms with Gasteiger partial charge < -0.3 is 5.32 Å². The largest absolute Gasteiger partial charge is 0.324 e. The topological polar surface area (TPSA) is 94.7 Å². The fourth-order valence-corrected chi connectivity index (χ4v) is 3.57. The molecule has 0 saturated carbocycles. The van der Waals surface area contributed by atoms with Crippen LogP contribution in [0, 0.1) is 6.92 Å². The second kappa shape index (κ2) is 7.49. The molecule has 0 atom stereocenters. The number of nitrogens with zero attached hydrogens (tertiary/aromatic N) is 5. The monoisotopic (exact) mass is 410 g/mol. The molecule has 0 radical (unpaired) electrons. The van der Waals surface area contributed by atoms with Crippen molar-refractivity contribution in [2.24, 2.45) is 0 Å². The minimum atomic E-state index is -0.419. The number of nitrogens with one attached hydrogen (secondary N) is 1. The van der Waals surface area contributed by atoms with E-state index in [0.717, 1.165) is 22.0 Å². The number of carbonyl (C=O) groups excluding carboxylic acids is 1. The zero-order chi connectivity index (χ0) is 21.4. The van der Waals surface area contributed by atoms with Gasteiger partial charge in [0.25, 0.3) is 5.56 Å². The Morgan fingerprint density at radius 2 is 1.84 bits per heavy atom. The highest BCUT2D eigenvalue weighted by atomic mass is 16.2. The fraction of sp³-hybridized carbons (Fsp3) is 0.0870. The maximum atomic E-state index is 12.9. The van der Waals surface area contributed by atoms with Crippen molar-refractivity contribution >= 4 is 33.5 Å². The van der Waals surface area contributed by atoms with E-state index in [9.17, 15) is 9.59 Å². The summed E-state index contributed by atoms with van der Waals surface area (Å²) in [4.78, 5) is 29.8. The van der Waals surface area contributed by atoms with Gasteiger partial charge in [-0.25, -0.2) is 4.98 Å². The number of anilines is 1. The average Bonchev–Trinajstić information content (AvgIpc) is 3.21. The lowest BCUT2D eigenvalue weighted by Crippen LogP contribution is -2.28. The van der Waals surface area contributed by atoms with Crippen molar-refractivity contribution in [1.29, 1.82) is 0 Å². The first-order valence-corrected chi connectivity index (χ1v) is 9.76. The lowest BCUT2D eigenvalue weighted by molar-refractivity contribution is -0.116. The Bertz CT molecular complexity index is 1500. The number of aryl methyl sites for hydroxylation is 1. The average molecular weight is 410 g/mol. The normalized spacial score (nSPS) is 11.1. The maximum Gasteiger partial charge on any atom is 0.284 e. The van der Waals surface area contributed by atoms with E-state index in [4.69, 9.17) is 0 Å². The van der Waals surface area contributed by atoms with E-state index >= 15 is 0 Å². The number of rotatable bonds is 4. The molecule has 0 unspecified atom stereocenters. The molecule has 1 N–H and O–H groups in total. The Morgan fingerprint density at radius 1 is 1.03 bits per heavy atom. The molecule has 152 valence electrons. The van der Waals surface area contributed by atoms with Gasteiger partial charge in [-0.3, -0.25) is 14.2 Å². The van der Waals surface area contributed by atoms with Crippen LogP contribution in [0.25, 0.3) is 27.6 Å². The summed E-state index contributed by atoms with van der Waals surface area (Å²) in [5, 5.41) is 12.9. The van der Waals surface area contributed by atoms with Crippen LogP contribution in [0.4, 0.5) is 5.69 Å². The fourth-order valence-electron chi connectivity index (χ4n) is 3.57. The highest BCUT2D eigenvalue weighted by Crippen LogP contribution is 2.22. The van der Waals surface area contributed by atoms with Crippen LogP contribution in [0.5, 0.6) is 0 Å². The van der Waals surface area contributed by atoms with Crippen LogP contribution in [0.15, 0.2) is 77.9 Å². The molecule has 3 aromatic carbocycles. The van der Waals surface area contributed by atoms with E-state index in [1.54, 1.807) is 0 Å². The predicted molar refractivity (Wildman–Crippen MR) is 118 cm³/mol. The summed E-state index contributed by atoms with van der Waals surface area (Å²) in [5.41, 5.74) is 2.55. The third kappa shape index (κ3) is 3.44. The summed E-state index contributed by atoms with van der Waals surface area (Å²) in [7, 11) is 0. The predicted octanol–water partition coefficient (Wildman–Crippen LogP) is 3.08. The molecule has 0 fully saturated rings. The molecular weight excluding hydrogens is 392 g/mol. The molecule has 0 aliphatic heterocycles. The Morgan fingerprint density at radius 3 is 2.71 bits per heavy atom. The van der Waals surface area contributed by atoms with Gasteiger partial charge in [0.15, 0.2) is 11.2 Å². The van der Waals surface area contributed by atoms with E-state index in [-0.39, 0.29) is 18.0 Å². The number of aromatic nitrogens is 5. The molecule has 5 rings (SSSR count). The summed E-state index contributed by atoms with van der Waals surface area (Å²) in [5.74, 6) is -0.328.